The maximum absolute atomic E-state index is 12.2. The molecule has 0 aliphatic carbocycles. The number of aryl methyl sites for hydroxylation is 1. The third kappa shape index (κ3) is 6.92. The number of carbonyl (C=O) groups excluding carboxylic acids is 1. The normalized spacial score (nSPS) is 11.6. The summed E-state index contributed by atoms with van der Waals surface area (Å²) in [7, 11) is 3.19. The lowest BCUT2D eigenvalue weighted by Gasteiger charge is -2.20. The quantitative estimate of drug-likeness (QED) is 0.414. The molecule has 3 N–H and O–H groups in total. The van der Waals surface area contributed by atoms with Gasteiger partial charge in [-0.1, -0.05) is 36.4 Å². The van der Waals surface area contributed by atoms with Gasteiger partial charge < -0.3 is 25.4 Å². The van der Waals surface area contributed by atoms with E-state index in [1.165, 1.54) is 4.90 Å². The van der Waals surface area contributed by atoms with Crippen LogP contribution in [0.25, 0.3) is 11.1 Å². The maximum atomic E-state index is 12.2. The van der Waals surface area contributed by atoms with Crippen molar-refractivity contribution in [3.8, 4) is 16.9 Å². The molecule has 2 aromatic carbocycles. The zero-order valence-electron chi connectivity index (χ0n) is 20.6. The minimum absolute atomic E-state index is 0.113. The first-order valence-corrected chi connectivity index (χ1v) is 11.3. The van der Waals surface area contributed by atoms with E-state index in [1.807, 2.05) is 45.0 Å². The Morgan fingerprint density at radius 2 is 1.71 bits per heavy atom. The largest absolute Gasteiger partial charge is 0.480 e. The van der Waals surface area contributed by atoms with E-state index in [2.05, 4.69) is 20.6 Å². The third-order valence-electron chi connectivity index (χ3n) is 5.18. The monoisotopic (exact) mass is 477 g/mol. The molecular weight excluding hydrogens is 446 g/mol. The van der Waals surface area contributed by atoms with Gasteiger partial charge >= 0.3 is 12.1 Å². The summed E-state index contributed by atoms with van der Waals surface area (Å²) >= 11 is 0. The Labute approximate surface area is 205 Å². The van der Waals surface area contributed by atoms with Crippen LogP contribution in [0, 0.1) is 6.92 Å². The molecule has 1 atom stereocenters. The summed E-state index contributed by atoms with van der Waals surface area (Å²) in [4.78, 5) is 34.3. The molecule has 0 unspecified atom stereocenters. The van der Waals surface area contributed by atoms with Crippen LogP contribution in [0.2, 0.25) is 0 Å². The van der Waals surface area contributed by atoms with Crippen molar-refractivity contribution in [3.05, 3.63) is 65.9 Å². The van der Waals surface area contributed by atoms with E-state index >= 15 is 0 Å². The SMILES string of the molecule is Cc1ccccc1-c1cnc(NC(C)C)nc1N[C@@H](Cc1ccc(OC(=O)N(C)C)cc1)C(=O)O. The van der Waals surface area contributed by atoms with Gasteiger partial charge in [0.1, 0.15) is 17.6 Å². The highest BCUT2D eigenvalue weighted by molar-refractivity contribution is 5.83. The van der Waals surface area contributed by atoms with Crippen LogP contribution in [0.5, 0.6) is 5.75 Å². The summed E-state index contributed by atoms with van der Waals surface area (Å²) in [6.45, 7) is 5.94. The highest BCUT2D eigenvalue weighted by atomic mass is 16.6. The predicted octanol–water partition coefficient (Wildman–Crippen LogP) is 4.44. The van der Waals surface area contributed by atoms with Crippen molar-refractivity contribution < 1.29 is 19.4 Å². The summed E-state index contributed by atoms with van der Waals surface area (Å²) in [5.74, 6) is 0.215. The van der Waals surface area contributed by atoms with Crippen LogP contribution in [-0.2, 0) is 11.2 Å². The van der Waals surface area contributed by atoms with Crippen molar-refractivity contribution in [1.29, 1.82) is 0 Å². The minimum Gasteiger partial charge on any atom is -0.480 e. The second-order valence-electron chi connectivity index (χ2n) is 8.72. The van der Waals surface area contributed by atoms with Gasteiger partial charge in [0.25, 0.3) is 0 Å². The first kappa shape index (κ1) is 25.5. The fourth-order valence-electron chi connectivity index (χ4n) is 3.38. The Bertz CT molecular complexity index is 1180. The van der Waals surface area contributed by atoms with Gasteiger partial charge in [-0.05, 0) is 49.6 Å². The number of aliphatic carboxylic acids is 1. The maximum Gasteiger partial charge on any atom is 0.414 e. The third-order valence-corrected chi connectivity index (χ3v) is 5.18. The number of ether oxygens (including phenoxy) is 1. The van der Waals surface area contributed by atoms with Gasteiger partial charge in [0.2, 0.25) is 5.95 Å². The Morgan fingerprint density at radius 1 is 1.03 bits per heavy atom. The molecule has 1 heterocycles. The molecular formula is C26H31N5O4. The van der Waals surface area contributed by atoms with E-state index in [-0.39, 0.29) is 12.5 Å². The van der Waals surface area contributed by atoms with Gasteiger partial charge in [0.15, 0.2) is 0 Å². The molecule has 0 aliphatic rings. The van der Waals surface area contributed by atoms with Crippen molar-refractivity contribution >= 4 is 23.8 Å². The second-order valence-corrected chi connectivity index (χ2v) is 8.72. The topological polar surface area (TPSA) is 117 Å². The zero-order chi connectivity index (χ0) is 25.5. The Balaban J connectivity index is 1.88. The first-order chi connectivity index (χ1) is 16.6. The van der Waals surface area contributed by atoms with E-state index in [0.717, 1.165) is 22.3 Å². The molecule has 0 saturated heterocycles. The molecule has 184 valence electrons. The second kappa shape index (κ2) is 11.3. The Hall–Kier alpha value is -4.14. The number of anilines is 2. The Morgan fingerprint density at radius 3 is 2.31 bits per heavy atom. The molecule has 1 aromatic heterocycles. The van der Waals surface area contributed by atoms with Crippen LogP contribution in [0.1, 0.15) is 25.0 Å². The van der Waals surface area contributed by atoms with Crippen LogP contribution in [-0.4, -0.2) is 58.2 Å². The number of aromatic nitrogens is 2. The van der Waals surface area contributed by atoms with Crippen LogP contribution in [0.15, 0.2) is 54.7 Å². The summed E-state index contributed by atoms with van der Waals surface area (Å²) in [6.07, 6.45) is 1.41. The van der Waals surface area contributed by atoms with Gasteiger partial charge in [-0.2, -0.15) is 4.98 Å². The van der Waals surface area contributed by atoms with Crippen molar-refractivity contribution in [2.45, 2.75) is 39.3 Å². The average Bonchev–Trinajstić information content (AvgIpc) is 2.80. The minimum atomic E-state index is -1.01. The smallest absolute Gasteiger partial charge is 0.414 e. The number of nitrogens with zero attached hydrogens (tertiary/aromatic N) is 3. The fourth-order valence-corrected chi connectivity index (χ4v) is 3.38. The molecule has 3 rings (SSSR count). The number of nitrogens with one attached hydrogen (secondary N) is 2. The number of hydrogen-bond acceptors (Lipinski definition) is 7. The van der Waals surface area contributed by atoms with Gasteiger partial charge in [-0.3, -0.25) is 0 Å². The molecule has 35 heavy (non-hydrogen) atoms. The van der Waals surface area contributed by atoms with Crippen LogP contribution in [0.4, 0.5) is 16.6 Å². The number of carbonyl (C=O) groups is 2. The summed E-state index contributed by atoms with van der Waals surface area (Å²) < 4.78 is 5.23. The van der Waals surface area contributed by atoms with Crippen LogP contribution < -0.4 is 15.4 Å². The number of amides is 1. The van der Waals surface area contributed by atoms with Gasteiger partial charge in [0, 0.05) is 38.3 Å². The molecule has 0 bridgehead atoms. The lowest BCUT2D eigenvalue weighted by Crippen LogP contribution is -2.32. The van der Waals surface area contributed by atoms with Crippen LogP contribution >= 0.6 is 0 Å². The van der Waals surface area contributed by atoms with Crippen molar-refractivity contribution in [1.82, 2.24) is 14.9 Å². The molecule has 3 aromatic rings. The summed E-state index contributed by atoms with van der Waals surface area (Å²) in [5.41, 5.74) is 3.43. The number of benzene rings is 2. The lowest BCUT2D eigenvalue weighted by molar-refractivity contribution is -0.137. The van der Waals surface area contributed by atoms with Gasteiger partial charge in [-0.15, -0.1) is 0 Å². The number of rotatable bonds is 9. The van der Waals surface area contributed by atoms with Crippen LogP contribution in [0.3, 0.4) is 0 Å². The molecule has 0 aliphatic heterocycles. The molecule has 0 saturated carbocycles. The van der Waals surface area contributed by atoms with Crippen molar-refractivity contribution in [2.75, 3.05) is 24.7 Å². The van der Waals surface area contributed by atoms with Crippen molar-refractivity contribution in [3.63, 3.8) is 0 Å². The summed E-state index contributed by atoms with van der Waals surface area (Å²) in [5, 5.41) is 16.2. The molecule has 9 nitrogen and oxygen atoms in total. The Kier molecular flexibility index (Phi) is 8.25. The van der Waals surface area contributed by atoms with E-state index in [9.17, 15) is 14.7 Å². The fraction of sp³-hybridized carbons (Fsp3) is 0.308. The van der Waals surface area contributed by atoms with Gasteiger partial charge in [0.05, 0.1) is 0 Å². The molecule has 9 heteroatoms. The van der Waals surface area contributed by atoms with Crippen molar-refractivity contribution in [2.24, 2.45) is 0 Å². The standard InChI is InChI=1S/C26H31N5O4/c1-16(2)28-25-27-15-21(20-9-7-6-8-17(20)3)23(30-25)29-22(24(32)33)14-18-10-12-19(13-11-18)35-26(34)31(4)5/h6-13,15-16,22H,14H2,1-5H3,(H,32,33)(H2,27,28,29,30)/t22-/m0/s1. The number of carboxylic acid groups (broad SMARTS) is 1. The molecule has 1 amide bonds. The van der Waals surface area contributed by atoms with Gasteiger partial charge in [-0.25, -0.2) is 14.6 Å². The molecule has 0 fully saturated rings. The average molecular weight is 478 g/mol. The van der Waals surface area contributed by atoms with E-state index in [4.69, 9.17) is 4.74 Å². The van der Waals surface area contributed by atoms with E-state index in [0.29, 0.717) is 17.5 Å². The first-order valence-electron chi connectivity index (χ1n) is 11.3. The number of hydrogen-bond donors (Lipinski definition) is 3. The predicted molar refractivity (Wildman–Crippen MR) is 136 cm³/mol. The summed E-state index contributed by atoms with van der Waals surface area (Å²) in [6, 6.07) is 13.7. The zero-order valence-corrected chi connectivity index (χ0v) is 20.6. The highest BCUT2D eigenvalue weighted by Crippen LogP contribution is 2.30. The molecule has 0 radical (unpaired) electrons. The molecule has 0 spiro atoms. The van der Waals surface area contributed by atoms with E-state index < -0.39 is 18.1 Å². The number of carboxylic acids is 1. The lowest BCUT2D eigenvalue weighted by atomic mass is 10.0. The van der Waals surface area contributed by atoms with E-state index in [1.54, 1.807) is 44.6 Å². The highest BCUT2D eigenvalue weighted by Gasteiger charge is 2.22.